The van der Waals surface area contributed by atoms with E-state index in [0.29, 0.717) is 66.2 Å². The molecule has 2 heterocycles. The number of esters is 1. The smallest absolute Gasteiger partial charge is 0.305 e. The van der Waals surface area contributed by atoms with Gasteiger partial charge in [0.25, 0.3) is 11.8 Å². The van der Waals surface area contributed by atoms with Gasteiger partial charge in [0, 0.05) is 54.1 Å². The molecule has 3 aromatic carbocycles. The number of aryl methyl sites for hydroxylation is 1. The van der Waals surface area contributed by atoms with Crippen molar-refractivity contribution in [1.82, 2.24) is 15.0 Å². The number of benzene rings is 3. The zero-order valence-electron chi connectivity index (χ0n) is 27.7. The van der Waals surface area contributed by atoms with E-state index < -0.39 is 17.4 Å². The molecular weight excluding hydrogens is 624 g/mol. The number of hydrogen-bond donors (Lipinski definition) is 4. The zero-order chi connectivity index (χ0) is 35.0. The molecule has 1 aromatic heterocycles. The van der Waals surface area contributed by atoms with Crippen LogP contribution in [0.4, 0.5) is 17.1 Å². The lowest BCUT2D eigenvalue weighted by atomic mass is 9.82. The van der Waals surface area contributed by atoms with Crippen LogP contribution in [0, 0.1) is 5.92 Å². The van der Waals surface area contributed by atoms with Crippen LogP contribution >= 0.6 is 0 Å². The minimum atomic E-state index is -1.90. The number of nitrogens with zero attached hydrogens (tertiary/aromatic N) is 4. The summed E-state index contributed by atoms with van der Waals surface area (Å²) in [6.45, 7) is 2.48. The maximum absolute atomic E-state index is 14.0. The van der Waals surface area contributed by atoms with Crippen LogP contribution in [0.15, 0.2) is 91.1 Å². The largest absolute Gasteiger partial charge is 0.469 e. The summed E-state index contributed by atoms with van der Waals surface area (Å²) in [7, 11) is 1.34. The first-order valence-electron chi connectivity index (χ1n) is 16.3. The molecule has 256 valence electrons. The van der Waals surface area contributed by atoms with E-state index in [1.807, 2.05) is 42.6 Å². The quantitative estimate of drug-likeness (QED) is 0.0621. The third kappa shape index (κ3) is 7.87. The monoisotopic (exact) mass is 666 g/mol. The maximum Gasteiger partial charge on any atom is 0.305 e. The first-order valence-corrected chi connectivity index (χ1v) is 16.3. The molecular formula is C37H42N6O6. The van der Waals surface area contributed by atoms with Crippen molar-refractivity contribution in [2.24, 2.45) is 5.92 Å². The number of carbonyl (C=O) groups excluding carboxylic acids is 3. The van der Waals surface area contributed by atoms with Gasteiger partial charge >= 0.3 is 5.97 Å². The second-order valence-corrected chi connectivity index (χ2v) is 12.1. The molecule has 12 heteroatoms. The van der Waals surface area contributed by atoms with E-state index in [0.717, 1.165) is 5.56 Å². The van der Waals surface area contributed by atoms with Crippen LogP contribution in [-0.4, -0.2) is 63.3 Å². The maximum atomic E-state index is 14.0. The highest BCUT2D eigenvalue weighted by atomic mass is 16.5. The summed E-state index contributed by atoms with van der Waals surface area (Å²) in [5, 5.41) is 33.5. The number of ether oxygens (including phenoxy) is 1. The fourth-order valence-corrected chi connectivity index (χ4v) is 6.01. The molecule has 1 aliphatic heterocycles. The average molecular weight is 667 g/mol. The predicted molar refractivity (Wildman–Crippen MR) is 186 cm³/mol. The Labute approximate surface area is 285 Å². The fraction of sp³-hybridized carbons (Fsp3) is 0.324. The number of hydrogen-bond acceptors (Lipinski definition) is 9. The van der Waals surface area contributed by atoms with Crippen molar-refractivity contribution < 1.29 is 29.3 Å². The van der Waals surface area contributed by atoms with Crippen molar-refractivity contribution in [2.75, 3.05) is 36.2 Å². The summed E-state index contributed by atoms with van der Waals surface area (Å²) < 4.78 is 6.43. The highest BCUT2D eigenvalue weighted by Crippen LogP contribution is 2.46. The van der Waals surface area contributed by atoms with Gasteiger partial charge in [-0.05, 0) is 67.3 Å². The van der Waals surface area contributed by atoms with E-state index >= 15 is 0 Å². The van der Waals surface area contributed by atoms with Gasteiger partial charge in [-0.15, -0.1) is 5.10 Å². The minimum absolute atomic E-state index is 0.0940. The molecule has 4 aromatic rings. The lowest BCUT2D eigenvalue weighted by molar-refractivity contribution is -0.140. The lowest BCUT2D eigenvalue weighted by Crippen LogP contribution is -2.44. The number of methoxy groups -OCH3 is 1. The Kier molecular flexibility index (Phi) is 11.2. The molecule has 0 fully saturated rings. The number of allylic oxidation sites excluding steroid dienone is 1. The molecule has 0 bridgehead atoms. The molecule has 0 spiro atoms. The van der Waals surface area contributed by atoms with Crippen molar-refractivity contribution in [3.05, 3.63) is 114 Å². The number of aliphatic hydroxyl groups excluding tert-OH is 1. The highest BCUT2D eigenvalue weighted by molar-refractivity contribution is 6.09. The van der Waals surface area contributed by atoms with Gasteiger partial charge in [0.05, 0.1) is 31.0 Å². The normalized spacial score (nSPS) is 16.8. The molecule has 0 saturated heterocycles. The van der Waals surface area contributed by atoms with Crippen molar-refractivity contribution in [3.63, 3.8) is 0 Å². The zero-order valence-corrected chi connectivity index (χ0v) is 27.7. The van der Waals surface area contributed by atoms with Gasteiger partial charge in [-0.1, -0.05) is 54.6 Å². The van der Waals surface area contributed by atoms with Gasteiger partial charge in [-0.2, -0.15) is 0 Å². The van der Waals surface area contributed by atoms with Crippen LogP contribution in [0.2, 0.25) is 0 Å². The predicted octanol–water partition coefficient (Wildman–Crippen LogP) is 4.40. The van der Waals surface area contributed by atoms with E-state index in [1.54, 1.807) is 65.0 Å². The van der Waals surface area contributed by atoms with Crippen LogP contribution in [-0.2, 0) is 26.5 Å². The molecule has 0 saturated carbocycles. The van der Waals surface area contributed by atoms with Crippen LogP contribution in [0.25, 0.3) is 0 Å². The SMILES string of the molecule is COC(=O)CCCCN1C(=O)[C@@](O)([C@@H](C)/C=C/CCn2cc(C(CO)c3ccccc3)nn2)c2cc(NC(=O)c3ccc(N)cc3)ccc21. The third-order valence-corrected chi connectivity index (χ3v) is 8.85. The summed E-state index contributed by atoms with van der Waals surface area (Å²) in [5.74, 6) is -2.07. The molecule has 3 atom stereocenters. The third-order valence-electron chi connectivity index (χ3n) is 8.85. The number of aliphatic hydroxyl groups is 2. The first kappa shape index (κ1) is 35.0. The van der Waals surface area contributed by atoms with E-state index in [1.165, 1.54) is 7.11 Å². The highest BCUT2D eigenvalue weighted by Gasteiger charge is 2.52. The second-order valence-electron chi connectivity index (χ2n) is 12.1. The number of rotatable bonds is 15. The number of nitrogen functional groups attached to an aromatic ring is 1. The van der Waals surface area contributed by atoms with Crippen LogP contribution in [0.5, 0.6) is 0 Å². The standard InChI is InChI=1S/C37H42N6O6/c1-25(10-6-8-20-42-23-32(40-41-42)30(24-44)26-11-4-3-5-12-26)37(48)31-22-29(39-35(46)27-14-16-28(38)17-15-27)18-19-33(31)43(36(37)47)21-9-7-13-34(45)49-2/h3-6,10-12,14-19,22-23,25,30,44,48H,7-9,13,20-21,24,38H2,1-2H3,(H,39,46)/b10-6+/t25-,30?,37+/m0/s1. The molecule has 12 nitrogen and oxygen atoms in total. The van der Waals surface area contributed by atoms with E-state index in [9.17, 15) is 24.6 Å². The Bertz CT molecular complexity index is 1790. The summed E-state index contributed by atoms with van der Waals surface area (Å²) in [6.07, 6.45) is 7.33. The van der Waals surface area contributed by atoms with Gasteiger partial charge in [0.1, 0.15) is 0 Å². The van der Waals surface area contributed by atoms with Crippen molar-refractivity contribution in [1.29, 1.82) is 0 Å². The number of unbranched alkanes of at least 4 members (excludes halogenated alkanes) is 1. The van der Waals surface area contributed by atoms with Crippen molar-refractivity contribution in [3.8, 4) is 0 Å². The number of aromatic nitrogens is 3. The summed E-state index contributed by atoms with van der Waals surface area (Å²) in [6, 6.07) is 21.2. The fourth-order valence-electron chi connectivity index (χ4n) is 6.01. The Morgan fingerprint density at radius 1 is 1.06 bits per heavy atom. The number of nitrogens with two attached hydrogens (primary N) is 1. The van der Waals surface area contributed by atoms with Crippen molar-refractivity contribution >= 4 is 34.8 Å². The van der Waals surface area contributed by atoms with Gasteiger partial charge in [-0.3, -0.25) is 19.1 Å². The molecule has 5 rings (SSSR count). The Balaban J connectivity index is 1.31. The molecule has 1 unspecified atom stereocenters. The average Bonchev–Trinajstić information content (AvgIpc) is 3.66. The van der Waals surface area contributed by atoms with Gasteiger partial charge in [-0.25, -0.2) is 0 Å². The topological polar surface area (TPSA) is 173 Å². The number of amides is 2. The Morgan fingerprint density at radius 3 is 2.53 bits per heavy atom. The molecule has 2 amide bonds. The van der Waals surface area contributed by atoms with Crippen molar-refractivity contribution in [2.45, 2.75) is 50.7 Å². The number of anilines is 3. The first-order chi connectivity index (χ1) is 23.6. The molecule has 1 aliphatic rings. The lowest BCUT2D eigenvalue weighted by Gasteiger charge is -2.28. The molecule has 0 radical (unpaired) electrons. The van der Waals surface area contributed by atoms with E-state index in [4.69, 9.17) is 10.5 Å². The summed E-state index contributed by atoms with van der Waals surface area (Å²) >= 11 is 0. The Morgan fingerprint density at radius 2 is 1.82 bits per heavy atom. The number of fused-ring (bicyclic) bond motifs is 1. The minimum Gasteiger partial charge on any atom is -0.469 e. The van der Waals surface area contributed by atoms with Gasteiger partial charge in [0.2, 0.25) is 0 Å². The van der Waals surface area contributed by atoms with Crippen LogP contribution in [0.3, 0.4) is 0 Å². The Hall–Kier alpha value is -5.33. The van der Waals surface area contributed by atoms with E-state index in [-0.39, 0.29) is 30.8 Å². The van der Waals surface area contributed by atoms with Gasteiger partial charge in [0.15, 0.2) is 5.60 Å². The molecule has 0 aliphatic carbocycles. The summed E-state index contributed by atoms with van der Waals surface area (Å²) in [5.41, 5.74) is 7.78. The molecule has 49 heavy (non-hydrogen) atoms. The van der Waals surface area contributed by atoms with Gasteiger partial charge < -0.3 is 30.9 Å². The number of nitrogens with one attached hydrogen (secondary N) is 1. The van der Waals surface area contributed by atoms with E-state index in [2.05, 4.69) is 15.6 Å². The van der Waals surface area contributed by atoms with Crippen LogP contribution < -0.4 is 16.0 Å². The number of carbonyl (C=O) groups is 3. The molecule has 5 N–H and O–H groups in total. The second kappa shape index (κ2) is 15.7. The van der Waals surface area contributed by atoms with Crippen LogP contribution in [0.1, 0.15) is 65.7 Å². The summed E-state index contributed by atoms with van der Waals surface area (Å²) in [4.78, 5) is 40.1.